The van der Waals surface area contributed by atoms with Gasteiger partial charge >= 0.3 is 5.97 Å². The van der Waals surface area contributed by atoms with E-state index in [4.69, 9.17) is 15.2 Å². The predicted molar refractivity (Wildman–Crippen MR) is 91.4 cm³/mol. The molecule has 0 fully saturated rings. The third kappa shape index (κ3) is 6.49. The van der Waals surface area contributed by atoms with Gasteiger partial charge in [0.15, 0.2) is 0 Å². The molecule has 0 saturated heterocycles. The molecule has 0 radical (unpaired) electrons. The van der Waals surface area contributed by atoms with E-state index in [-0.39, 0.29) is 42.5 Å². The first kappa shape index (κ1) is 21.9. The van der Waals surface area contributed by atoms with E-state index in [1.807, 2.05) is 13.8 Å². The average Bonchev–Trinajstić information content (AvgIpc) is 2.47. The zero-order valence-corrected chi connectivity index (χ0v) is 15.2. The number of carbonyl (C=O) groups excluding carboxylic acids is 2. The molecule has 0 bridgehead atoms. The van der Waals surface area contributed by atoms with Crippen LogP contribution >= 0.6 is 12.4 Å². The molecule has 7 heteroatoms. The number of ether oxygens (including phenoxy) is 2. The maximum atomic E-state index is 12.0. The van der Waals surface area contributed by atoms with Crippen molar-refractivity contribution in [1.29, 1.82) is 0 Å². The molecule has 6 nitrogen and oxygen atoms in total. The van der Waals surface area contributed by atoms with Gasteiger partial charge in [-0.2, -0.15) is 0 Å². The van der Waals surface area contributed by atoms with Gasteiger partial charge in [-0.3, -0.25) is 4.79 Å². The smallest absolute Gasteiger partial charge is 0.333 e. The van der Waals surface area contributed by atoms with Gasteiger partial charge < -0.3 is 20.5 Å². The normalized spacial score (nSPS) is 23.7. The lowest BCUT2D eigenvalue weighted by Crippen LogP contribution is -2.57. The second-order valence-corrected chi connectivity index (χ2v) is 5.55. The Balaban J connectivity index is 0.00000484. The van der Waals surface area contributed by atoms with Crippen LogP contribution in [0.15, 0.2) is 11.6 Å². The van der Waals surface area contributed by atoms with E-state index >= 15 is 0 Å². The number of esters is 1. The molecular weight excluding hydrogens is 320 g/mol. The van der Waals surface area contributed by atoms with Crippen molar-refractivity contribution in [3.05, 3.63) is 11.6 Å². The van der Waals surface area contributed by atoms with Crippen LogP contribution in [0.1, 0.15) is 47.0 Å². The molecule has 3 N–H and O–H groups in total. The minimum Gasteiger partial charge on any atom is -0.463 e. The summed E-state index contributed by atoms with van der Waals surface area (Å²) in [5.41, 5.74) is 6.68. The number of hydrogen-bond acceptors (Lipinski definition) is 5. The van der Waals surface area contributed by atoms with Crippen molar-refractivity contribution in [2.45, 2.75) is 71.2 Å². The number of carbonyl (C=O) groups is 2. The lowest BCUT2D eigenvalue weighted by molar-refractivity contribution is -0.139. The average molecular weight is 349 g/mol. The molecule has 0 spiro atoms. The van der Waals surface area contributed by atoms with Crippen LogP contribution in [0.3, 0.4) is 0 Å². The van der Waals surface area contributed by atoms with Gasteiger partial charge in [0.05, 0.1) is 24.9 Å². The third-order valence-electron chi connectivity index (χ3n) is 3.80. The number of halogens is 1. The summed E-state index contributed by atoms with van der Waals surface area (Å²) >= 11 is 0. The largest absolute Gasteiger partial charge is 0.463 e. The van der Waals surface area contributed by atoms with Crippen LogP contribution in [-0.4, -0.2) is 42.8 Å². The number of nitrogens with two attached hydrogens (primary N) is 1. The fourth-order valence-electron chi connectivity index (χ4n) is 2.62. The van der Waals surface area contributed by atoms with E-state index < -0.39 is 6.10 Å². The molecule has 23 heavy (non-hydrogen) atoms. The van der Waals surface area contributed by atoms with Gasteiger partial charge in [-0.05, 0) is 32.3 Å². The zero-order valence-electron chi connectivity index (χ0n) is 14.3. The van der Waals surface area contributed by atoms with Gasteiger partial charge in [-0.1, -0.05) is 13.8 Å². The van der Waals surface area contributed by atoms with Crippen LogP contribution in [0.4, 0.5) is 0 Å². The summed E-state index contributed by atoms with van der Waals surface area (Å²) in [7, 11) is 0. The van der Waals surface area contributed by atoms with E-state index in [1.165, 1.54) is 6.92 Å². The molecule has 1 amide bonds. The topological polar surface area (TPSA) is 90.6 Å². The second kappa shape index (κ2) is 10.6. The standard InChI is InChI=1S/C16H28N2O4.ClH/c1-5-12(6-2)22-14-9-11(16(20)21-7-3)8-13(17)15(14)18-10(4)19;/h9,12-15H,5-8,17H2,1-4H3,(H,18,19);1H. The Bertz CT molecular complexity index is 424. The monoisotopic (exact) mass is 348 g/mol. The minimum atomic E-state index is -0.419. The van der Waals surface area contributed by atoms with Crippen LogP contribution in [-0.2, 0) is 19.1 Å². The quantitative estimate of drug-likeness (QED) is 0.683. The number of hydrogen-bond donors (Lipinski definition) is 2. The maximum absolute atomic E-state index is 12.0. The summed E-state index contributed by atoms with van der Waals surface area (Å²) < 4.78 is 11.1. The first-order chi connectivity index (χ1) is 10.4. The Labute approximate surface area is 144 Å². The van der Waals surface area contributed by atoms with E-state index in [1.54, 1.807) is 13.0 Å². The Morgan fingerprint density at radius 2 is 1.96 bits per heavy atom. The van der Waals surface area contributed by atoms with E-state index in [9.17, 15) is 9.59 Å². The van der Waals surface area contributed by atoms with Crippen molar-refractivity contribution < 1.29 is 19.1 Å². The predicted octanol–water partition coefficient (Wildman–Crippen LogP) is 1.71. The Morgan fingerprint density at radius 3 is 2.43 bits per heavy atom. The SMILES string of the molecule is CCOC(=O)C1=CC(OC(CC)CC)C(NC(C)=O)C(N)C1.Cl. The lowest BCUT2D eigenvalue weighted by atomic mass is 9.88. The van der Waals surface area contributed by atoms with E-state index in [0.29, 0.717) is 18.6 Å². The summed E-state index contributed by atoms with van der Waals surface area (Å²) in [5, 5.41) is 2.84. The second-order valence-electron chi connectivity index (χ2n) is 5.55. The van der Waals surface area contributed by atoms with Crippen molar-refractivity contribution in [2.75, 3.05) is 6.61 Å². The van der Waals surface area contributed by atoms with Gasteiger partial charge in [-0.25, -0.2) is 4.79 Å². The molecule has 0 saturated carbocycles. The number of nitrogens with one attached hydrogen (secondary N) is 1. The summed E-state index contributed by atoms with van der Waals surface area (Å²) in [6.45, 7) is 7.62. The third-order valence-corrected chi connectivity index (χ3v) is 3.80. The van der Waals surface area contributed by atoms with Gasteiger partial charge in [-0.15, -0.1) is 12.4 Å². The van der Waals surface area contributed by atoms with E-state index in [0.717, 1.165) is 12.8 Å². The van der Waals surface area contributed by atoms with Crippen molar-refractivity contribution in [2.24, 2.45) is 5.73 Å². The maximum Gasteiger partial charge on any atom is 0.333 e. The minimum absolute atomic E-state index is 0. The van der Waals surface area contributed by atoms with Gasteiger partial charge in [0.1, 0.15) is 0 Å². The molecule has 0 heterocycles. The molecule has 3 atom stereocenters. The molecule has 1 rings (SSSR count). The van der Waals surface area contributed by atoms with Crippen molar-refractivity contribution in [3.63, 3.8) is 0 Å². The Hall–Kier alpha value is -1.11. The van der Waals surface area contributed by atoms with Crippen LogP contribution in [0, 0.1) is 0 Å². The molecule has 1 aliphatic carbocycles. The number of amides is 1. The highest BCUT2D eigenvalue weighted by Gasteiger charge is 2.35. The summed E-state index contributed by atoms with van der Waals surface area (Å²) in [6.07, 6.45) is 3.48. The van der Waals surface area contributed by atoms with Crippen LogP contribution < -0.4 is 11.1 Å². The fourth-order valence-corrected chi connectivity index (χ4v) is 2.62. The Morgan fingerprint density at radius 1 is 1.35 bits per heavy atom. The first-order valence-corrected chi connectivity index (χ1v) is 7.98. The molecule has 0 aromatic carbocycles. The van der Waals surface area contributed by atoms with E-state index in [2.05, 4.69) is 5.32 Å². The molecule has 0 aromatic heterocycles. The summed E-state index contributed by atoms with van der Waals surface area (Å²) in [6, 6.07) is -0.719. The zero-order chi connectivity index (χ0) is 16.7. The molecule has 0 aromatic rings. The fraction of sp³-hybridized carbons (Fsp3) is 0.750. The van der Waals surface area contributed by atoms with Crippen LogP contribution in [0.25, 0.3) is 0 Å². The molecule has 1 aliphatic rings. The number of rotatable bonds is 7. The van der Waals surface area contributed by atoms with Crippen molar-refractivity contribution >= 4 is 24.3 Å². The Kier molecular flexibility index (Phi) is 10.1. The highest BCUT2D eigenvalue weighted by molar-refractivity contribution is 5.89. The molecule has 3 unspecified atom stereocenters. The first-order valence-electron chi connectivity index (χ1n) is 7.98. The van der Waals surface area contributed by atoms with Gasteiger partial charge in [0.25, 0.3) is 0 Å². The highest BCUT2D eigenvalue weighted by Crippen LogP contribution is 2.24. The van der Waals surface area contributed by atoms with Crippen LogP contribution in [0.2, 0.25) is 0 Å². The molecule has 0 aliphatic heterocycles. The van der Waals surface area contributed by atoms with Gasteiger partial charge in [0, 0.05) is 18.5 Å². The molecule has 134 valence electrons. The van der Waals surface area contributed by atoms with Gasteiger partial charge in [0.2, 0.25) is 5.91 Å². The summed E-state index contributed by atoms with van der Waals surface area (Å²) in [4.78, 5) is 23.4. The highest BCUT2D eigenvalue weighted by atomic mass is 35.5. The van der Waals surface area contributed by atoms with Crippen molar-refractivity contribution in [3.8, 4) is 0 Å². The van der Waals surface area contributed by atoms with Crippen LogP contribution in [0.5, 0.6) is 0 Å². The lowest BCUT2D eigenvalue weighted by Gasteiger charge is -2.36. The summed E-state index contributed by atoms with van der Waals surface area (Å²) in [5.74, 6) is -0.524. The molecular formula is C16H29ClN2O4. The van der Waals surface area contributed by atoms with Crippen molar-refractivity contribution in [1.82, 2.24) is 5.32 Å².